The first kappa shape index (κ1) is 30.8. The van der Waals surface area contributed by atoms with Gasteiger partial charge in [-0.15, -0.1) is 0 Å². The fraction of sp³-hybridized carbons (Fsp3) is 0.375. The molecule has 9 heteroatoms. The first-order valence-electron chi connectivity index (χ1n) is 14.1. The lowest BCUT2D eigenvalue weighted by atomic mass is 9.95. The molecule has 1 aliphatic rings. The number of hydrogen-bond donors (Lipinski definition) is 1. The zero-order valence-electron chi connectivity index (χ0n) is 23.8. The van der Waals surface area contributed by atoms with Crippen LogP contribution < -0.4 is 9.62 Å². The number of nitrogens with zero attached hydrogens (tertiary/aromatic N) is 2. The molecular formula is C32H38BrN3O4S. The summed E-state index contributed by atoms with van der Waals surface area (Å²) in [4.78, 5) is 29.1. The monoisotopic (exact) mass is 639 g/mol. The van der Waals surface area contributed by atoms with E-state index in [1.54, 1.807) is 37.3 Å². The summed E-state index contributed by atoms with van der Waals surface area (Å²) >= 11 is 3.44. The molecule has 3 aromatic carbocycles. The van der Waals surface area contributed by atoms with E-state index in [4.69, 9.17) is 0 Å². The Labute approximate surface area is 252 Å². The number of aryl methyl sites for hydroxylation is 2. The predicted molar refractivity (Wildman–Crippen MR) is 166 cm³/mol. The maximum absolute atomic E-state index is 14.1. The van der Waals surface area contributed by atoms with Crippen molar-refractivity contribution in [3.05, 3.63) is 94.0 Å². The summed E-state index contributed by atoms with van der Waals surface area (Å²) in [5, 5.41) is 3.13. The number of anilines is 1. The Kier molecular flexibility index (Phi) is 10.3. The average molecular weight is 641 g/mol. The van der Waals surface area contributed by atoms with Gasteiger partial charge in [-0.2, -0.15) is 0 Å². The Morgan fingerprint density at radius 1 is 0.927 bits per heavy atom. The summed E-state index contributed by atoms with van der Waals surface area (Å²) < 4.78 is 29.9. The quantitative estimate of drug-likeness (QED) is 0.289. The molecule has 0 bridgehead atoms. The third-order valence-electron chi connectivity index (χ3n) is 7.77. The van der Waals surface area contributed by atoms with E-state index in [9.17, 15) is 18.0 Å². The van der Waals surface area contributed by atoms with Gasteiger partial charge in [-0.05, 0) is 86.7 Å². The van der Waals surface area contributed by atoms with E-state index < -0.39 is 28.5 Å². The molecule has 1 fully saturated rings. The van der Waals surface area contributed by atoms with Crippen LogP contribution in [0.1, 0.15) is 55.7 Å². The minimum absolute atomic E-state index is 0.0913. The van der Waals surface area contributed by atoms with Gasteiger partial charge >= 0.3 is 0 Å². The highest BCUT2D eigenvalue weighted by Crippen LogP contribution is 2.27. The normalized spacial score (nSPS) is 14.7. The van der Waals surface area contributed by atoms with E-state index in [1.807, 2.05) is 44.2 Å². The lowest BCUT2D eigenvalue weighted by Gasteiger charge is -2.33. The first-order valence-corrected chi connectivity index (χ1v) is 16.3. The molecule has 0 unspecified atom stereocenters. The van der Waals surface area contributed by atoms with E-state index in [0.717, 1.165) is 51.2 Å². The Morgan fingerprint density at radius 3 is 2.22 bits per heavy atom. The number of carbonyl (C=O) groups is 2. The van der Waals surface area contributed by atoms with E-state index in [2.05, 4.69) is 21.2 Å². The SMILES string of the molecule is Cc1ccc(N(CC(=O)N(Cc2ccc(Br)cc2)[C@@H](C)C(=O)NC2CCCCC2)S(=O)(=O)c2ccccc2)cc1C. The highest BCUT2D eigenvalue weighted by molar-refractivity contribution is 9.10. The number of sulfonamides is 1. The summed E-state index contributed by atoms with van der Waals surface area (Å²) in [5.41, 5.74) is 3.16. The van der Waals surface area contributed by atoms with Crippen molar-refractivity contribution in [2.75, 3.05) is 10.8 Å². The van der Waals surface area contributed by atoms with E-state index >= 15 is 0 Å². The highest BCUT2D eigenvalue weighted by Gasteiger charge is 2.33. The van der Waals surface area contributed by atoms with E-state index in [1.165, 1.54) is 23.5 Å². The molecule has 0 heterocycles. The lowest BCUT2D eigenvalue weighted by Crippen LogP contribution is -2.53. The van der Waals surface area contributed by atoms with Gasteiger partial charge in [-0.1, -0.05) is 71.6 Å². The number of hydrogen-bond acceptors (Lipinski definition) is 4. The summed E-state index contributed by atoms with van der Waals surface area (Å²) in [6, 6.07) is 20.3. The van der Waals surface area contributed by atoms with Crippen molar-refractivity contribution in [1.82, 2.24) is 10.2 Å². The van der Waals surface area contributed by atoms with Crippen molar-refractivity contribution in [2.24, 2.45) is 0 Å². The van der Waals surface area contributed by atoms with Gasteiger partial charge < -0.3 is 10.2 Å². The Bertz CT molecular complexity index is 1460. The zero-order chi connectivity index (χ0) is 29.6. The van der Waals surface area contributed by atoms with Gasteiger partial charge in [0.15, 0.2) is 0 Å². The molecule has 41 heavy (non-hydrogen) atoms. The number of amides is 2. The minimum atomic E-state index is -4.08. The van der Waals surface area contributed by atoms with Crippen molar-refractivity contribution in [2.45, 2.75) is 76.4 Å². The number of nitrogens with one attached hydrogen (secondary N) is 1. The Hall–Kier alpha value is -3.17. The molecule has 4 rings (SSSR count). The Morgan fingerprint density at radius 2 is 1.59 bits per heavy atom. The average Bonchev–Trinajstić information content (AvgIpc) is 2.97. The number of benzene rings is 3. The summed E-state index contributed by atoms with van der Waals surface area (Å²) in [6.07, 6.45) is 5.16. The minimum Gasteiger partial charge on any atom is -0.352 e. The van der Waals surface area contributed by atoms with Crippen LogP contribution in [0.2, 0.25) is 0 Å². The van der Waals surface area contributed by atoms with Gasteiger partial charge in [-0.3, -0.25) is 13.9 Å². The molecule has 0 radical (unpaired) electrons. The fourth-order valence-corrected chi connectivity index (χ4v) is 6.76. The van der Waals surface area contributed by atoms with Crippen LogP contribution in [0.5, 0.6) is 0 Å². The molecule has 1 N–H and O–H groups in total. The van der Waals surface area contributed by atoms with Crippen LogP contribution in [0.15, 0.2) is 82.2 Å². The standard InChI is InChI=1S/C32H38BrN3O4S/c1-23-14-19-29(20-24(23)2)36(41(39,40)30-12-8-5-9-13-30)22-31(37)35(21-26-15-17-27(33)18-16-26)25(3)32(38)34-28-10-6-4-7-11-28/h5,8-9,12-20,25,28H,4,6-7,10-11,21-22H2,1-3H3,(H,34,38)/t25-/m0/s1. The van der Waals surface area contributed by atoms with Gasteiger partial charge in [0.25, 0.3) is 10.0 Å². The molecule has 0 saturated heterocycles. The van der Waals surface area contributed by atoms with Crippen molar-refractivity contribution in [3.63, 3.8) is 0 Å². The van der Waals surface area contributed by atoms with Crippen LogP contribution in [-0.2, 0) is 26.2 Å². The molecule has 1 saturated carbocycles. The summed E-state index contributed by atoms with van der Waals surface area (Å²) in [6.45, 7) is 5.29. The van der Waals surface area contributed by atoms with Gasteiger partial charge in [0.1, 0.15) is 12.6 Å². The molecule has 1 atom stereocenters. The molecule has 7 nitrogen and oxygen atoms in total. The molecule has 0 aliphatic heterocycles. The third-order valence-corrected chi connectivity index (χ3v) is 10.1. The molecule has 1 aliphatic carbocycles. The van der Waals surface area contributed by atoms with Crippen molar-refractivity contribution < 1.29 is 18.0 Å². The predicted octanol–water partition coefficient (Wildman–Crippen LogP) is 6.13. The molecule has 3 aromatic rings. The maximum atomic E-state index is 14.1. The molecular weight excluding hydrogens is 602 g/mol. The van der Waals surface area contributed by atoms with Gasteiger partial charge in [0.05, 0.1) is 10.6 Å². The largest absolute Gasteiger partial charge is 0.352 e. The first-order chi connectivity index (χ1) is 19.6. The smallest absolute Gasteiger partial charge is 0.264 e. The second-order valence-corrected chi connectivity index (χ2v) is 13.5. The maximum Gasteiger partial charge on any atom is 0.264 e. The van der Waals surface area contributed by atoms with Crippen molar-refractivity contribution in [3.8, 4) is 0 Å². The van der Waals surface area contributed by atoms with Crippen molar-refractivity contribution in [1.29, 1.82) is 0 Å². The van der Waals surface area contributed by atoms with Gasteiger partial charge in [-0.25, -0.2) is 8.42 Å². The van der Waals surface area contributed by atoms with Crippen LogP contribution in [-0.4, -0.2) is 43.8 Å². The second-order valence-electron chi connectivity index (χ2n) is 10.8. The topological polar surface area (TPSA) is 86.8 Å². The van der Waals surface area contributed by atoms with Gasteiger partial charge in [0.2, 0.25) is 11.8 Å². The number of rotatable bonds is 10. The molecule has 2 amide bonds. The van der Waals surface area contributed by atoms with Crippen LogP contribution in [0.25, 0.3) is 0 Å². The Balaban J connectivity index is 1.68. The summed E-state index contributed by atoms with van der Waals surface area (Å²) in [7, 11) is -4.08. The third kappa shape index (κ3) is 7.77. The van der Waals surface area contributed by atoms with Crippen LogP contribution in [0.4, 0.5) is 5.69 Å². The molecule has 0 aromatic heterocycles. The fourth-order valence-electron chi connectivity index (χ4n) is 5.07. The lowest BCUT2D eigenvalue weighted by molar-refractivity contribution is -0.139. The number of carbonyl (C=O) groups excluding carboxylic acids is 2. The van der Waals surface area contributed by atoms with E-state index in [0.29, 0.717) is 5.69 Å². The van der Waals surface area contributed by atoms with Crippen LogP contribution in [0, 0.1) is 13.8 Å². The number of halogens is 1. The molecule has 0 spiro atoms. The summed E-state index contributed by atoms with van der Waals surface area (Å²) in [5.74, 6) is -0.692. The van der Waals surface area contributed by atoms with Crippen LogP contribution >= 0.6 is 15.9 Å². The van der Waals surface area contributed by atoms with E-state index in [-0.39, 0.29) is 23.4 Å². The van der Waals surface area contributed by atoms with Crippen molar-refractivity contribution >= 4 is 43.5 Å². The van der Waals surface area contributed by atoms with Crippen LogP contribution in [0.3, 0.4) is 0 Å². The molecule has 218 valence electrons. The zero-order valence-corrected chi connectivity index (χ0v) is 26.2. The second kappa shape index (κ2) is 13.7. The van der Waals surface area contributed by atoms with Gasteiger partial charge in [0, 0.05) is 17.1 Å². The highest BCUT2D eigenvalue weighted by atomic mass is 79.9.